The first-order chi connectivity index (χ1) is 16.9. The van der Waals surface area contributed by atoms with Crippen LogP contribution in [0.1, 0.15) is 49.4 Å². The second-order valence-corrected chi connectivity index (χ2v) is 10.5. The predicted octanol–water partition coefficient (Wildman–Crippen LogP) is 4.87. The van der Waals surface area contributed by atoms with E-state index in [4.69, 9.17) is 10.5 Å². The summed E-state index contributed by atoms with van der Waals surface area (Å²) in [5.41, 5.74) is 11.0. The van der Waals surface area contributed by atoms with E-state index >= 15 is 0 Å². The maximum atomic E-state index is 12.7. The highest BCUT2D eigenvalue weighted by Gasteiger charge is 2.30. The standard InChI is InChI=1S/C27H29N5O2S/c1-16(2)34-24-9-6-17(12-18(24)13-28)26-30-14-25(35-26)22-5-3-4-21-20(22)7-8-23(21)31-27(33)32-11-10-19(29)15-32/h3-6,9,12,14,16,19,23H,7-8,10-11,15,29H2,1-2H3,(H,31,33)/t19-,23?/m0/s1. The van der Waals surface area contributed by atoms with Gasteiger partial charge in [-0.05, 0) is 68.0 Å². The van der Waals surface area contributed by atoms with Gasteiger partial charge in [-0.2, -0.15) is 5.26 Å². The number of hydrogen-bond acceptors (Lipinski definition) is 6. The maximum absolute atomic E-state index is 12.7. The van der Waals surface area contributed by atoms with Gasteiger partial charge in [0, 0.05) is 30.9 Å². The van der Waals surface area contributed by atoms with Crippen LogP contribution in [0.2, 0.25) is 0 Å². The van der Waals surface area contributed by atoms with Crippen molar-refractivity contribution in [3.8, 4) is 32.8 Å². The van der Waals surface area contributed by atoms with Crippen molar-refractivity contribution in [3.63, 3.8) is 0 Å². The summed E-state index contributed by atoms with van der Waals surface area (Å²) in [4.78, 5) is 20.3. The zero-order chi connectivity index (χ0) is 24.5. The Morgan fingerprint density at radius 2 is 2.17 bits per heavy atom. The number of nitrogens with one attached hydrogen (secondary N) is 1. The van der Waals surface area contributed by atoms with Crippen LogP contribution in [-0.2, 0) is 6.42 Å². The van der Waals surface area contributed by atoms with E-state index in [1.165, 1.54) is 11.1 Å². The average Bonchev–Trinajstić information content (AvgIpc) is 3.59. The van der Waals surface area contributed by atoms with E-state index < -0.39 is 0 Å². The number of nitrogens with two attached hydrogens (primary N) is 1. The summed E-state index contributed by atoms with van der Waals surface area (Å²) < 4.78 is 5.75. The molecule has 3 N–H and O–H groups in total. The third-order valence-electron chi connectivity index (χ3n) is 6.56. The molecule has 1 fully saturated rings. The maximum Gasteiger partial charge on any atom is 0.317 e. The molecular formula is C27H29N5O2S. The van der Waals surface area contributed by atoms with Gasteiger partial charge in [0.1, 0.15) is 16.8 Å². The fourth-order valence-corrected chi connectivity index (χ4v) is 5.85. The number of aromatic nitrogens is 1. The second kappa shape index (κ2) is 9.68. The molecule has 1 saturated heterocycles. The van der Waals surface area contributed by atoms with Gasteiger partial charge in [-0.25, -0.2) is 9.78 Å². The molecule has 180 valence electrons. The van der Waals surface area contributed by atoms with Gasteiger partial charge < -0.3 is 20.7 Å². The predicted molar refractivity (Wildman–Crippen MR) is 137 cm³/mol. The van der Waals surface area contributed by atoms with Crippen LogP contribution < -0.4 is 15.8 Å². The highest BCUT2D eigenvalue weighted by atomic mass is 32.1. The Bertz CT molecular complexity index is 1290. The first-order valence-electron chi connectivity index (χ1n) is 12.0. The largest absolute Gasteiger partial charge is 0.490 e. The summed E-state index contributed by atoms with van der Waals surface area (Å²) >= 11 is 1.61. The van der Waals surface area contributed by atoms with Gasteiger partial charge in [0.25, 0.3) is 0 Å². The normalized spacial score (nSPS) is 19.0. The van der Waals surface area contributed by atoms with Gasteiger partial charge in [0.05, 0.1) is 22.6 Å². The number of amides is 2. The topological polar surface area (TPSA) is 104 Å². The van der Waals surface area contributed by atoms with Crippen molar-refractivity contribution in [2.45, 2.75) is 51.3 Å². The summed E-state index contributed by atoms with van der Waals surface area (Å²) in [7, 11) is 0. The van der Waals surface area contributed by atoms with E-state index in [9.17, 15) is 10.1 Å². The number of nitrogens with zero attached hydrogens (tertiary/aromatic N) is 3. The molecule has 2 amide bonds. The Balaban J connectivity index is 1.37. The van der Waals surface area contributed by atoms with Crippen molar-refractivity contribution in [1.29, 1.82) is 5.26 Å². The number of thiazole rings is 1. The fourth-order valence-electron chi connectivity index (χ4n) is 4.89. The van der Waals surface area contributed by atoms with E-state index in [1.807, 2.05) is 43.1 Å². The van der Waals surface area contributed by atoms with E-state index in [0.717, 1.165) is 40.3 Å². The van der Waals surface area contributed by atoms with Crippen LogP contribution in [0, 0.1) is 11.3 Å². The number of benzene rings is 2. The van der Waals surface area contributed by atoms with E-state index in [-0.39, 0.29) is 24.2 Å². The number of carbonyl (C=O) groups is 1. The number of fused-ring (bicyclic) bond motifs is 1. The number of hydrogen-bond donors (Lipinski definition) is 2. The molecule has 7 nitrogen and oxygen atoms in total. The Hall–Kier alpha value is -3.41. The number of urea groups is 1. The second-order valence-electron chi connectivity index (χ2n) is 9.43. The van der Waals surface area contributed by atoms with Crippen molar-refractivity contribution >= 4 is 17.4 Å². The van der Waals surface area contributed by atoms with E-state index in [1.54, 1.807) is 11.3 Å². The Kier molecular flexibility index (Phi) is 6.46. The molecule has 1 aliphatic carbocycles. The van der Waals surface area contributed by atoms with Crippen molar-refractivity contribution in [2.75, 3.05) is 13.1 Å². The molecule has 0 bridgehead atoms. The average molecular weight is 488 g/mol. The summed E-state index contributed by atoms with van der Waals surface area (Å²) in [5, 5.41) is 13.7. The SMILES string of the molecule is CC(C)Oc1ccc(-c2ncc(-c3cccc4c3CCC4NC(=O)N3CC[C@H](N)C3)s2)cc1C#N. The van der Waals surface area contributed by atoms with Crippen LogP contribution in [0.5, 0.6) is 5.75 Å². The molecule has 0 radical (unpaired) electrons. The number of carbonyl (C=O) groups excluding carboxylic acids is 1. The summed E-state index contributed by atoms with van der Waals surface area (Å²) in [6.45, 7) is 5.22. The molecule has 0 spiro atoms. The van der Waals surface area contributed by atoms with Crippen LogP contribution in [0.4, 0.5) is 4.79 Å². The molecule has 1 aliphatic heterocycles. The van der Waals surface area contributed by atoms with Crippen LogP contribution >= 0.6 is 11.3 Å². The van der Waals surface area contributed by atoms with Gasteiger partial charge >= 0.3 is 6.03 Å². The highest BCUT2D eigenvalue weighted by molar-refractivity contribution is 7.18. The van der Waals surface area contributed by atoms with Gasteiger partial charge in [-0.1, -0.05) is 18.2 Å². The Labute approximate surface area is 209 Å². The molecule has 1 aromatic heterocycles. The number of ether oxygens (including phenoxy) is 1. The highest BCUT2D eigenvalue weighted by Crippen LogP contribution is 2.41. The fraction of sp³-hybridized carbons (Fsp3) is 0.370. The molecule has 2 atom stereocenters. The number of nitriles is 1. The zero-order valence-electron chi connectivity index (χ0n) is 20.0. The number of rotatable bonds is 5. The molecule has 3 aromatic rings. The molecule has 1 unspecified atom stereocenters. The molecule has 2 aromatic carbocycles. The Morgan fingerprint density at radius 3 is 2.91 bits per heavy atom. The third kappa shape index (κ3) is 4.75. The molecule has 0 saturated carbocycles. The van der Waals surface area contributed by atoms with Gasteiger partial charge in [0.15, 0.2) is 0 Å². The molecule has 8 heteroatoms. The van der Waals surface area contributed by atoms with E-state index in [2.05, 4.69) is 34.6 Å². The lowest BCUT2D eigenvalue weighted by Gasteiger charge is -2.21. The first-order valence-corrected chi connectivity index (χ1v) is 12.8. The van der Waals surface area contributed by atoms with Crippen molar-refractivity contribution < 1.29 is 9.53 Å². The minimum absolute atomic E-state index is 0.00105. The third-order valence-corrected chi connectivity index (χ3v) is 7.64. The minimum atomic E-state index is -0.0283. The molecule has 2 aliphatic rings. The summed E-state index contributed by atoms with van der Waals surface area (Å²) in [6, 6.07) is 14.2. The minimum Gasteiger partial charge on any atom is -0.490 e. The van der Waals surface area contributed by atoms with Crippen LogP contribution in [0.25, 0.3) is 21.0 Å². The molecule has 35 heavy (non-hydrogen) atoms. The molecular weight excluding hydrogens is 458 g/mol. The van der Waals surface area contributed by atoms with Crippen LogP contribution in [-0.4, -0.2) is 41.2 Å². The molecule has 5 rings (SSSR count). The van der Waals surface area contributed by atoms with Gasteiger partial charge in [-0.15, -0.1) is 11.3 Å². The van der Waals surface area contributed by atoms with Crippen LogP contribution in [0.15, 0.2) is 42.6 Å². The van der Waals surface area contributed by atoms with Crippen molar-refractivity contribution in [3.05, 3.63) is 59.3 Å². The quantitative estimate of drug-likeness (QED) is 0.534. The first kappa shape index (κ1) is 23.3. The lowest BCUT2D eigenvalue weighted by Crippen LogP contribution is -2.41. The van der Waals surface area contributed by atoms with Gasteiger partial charge in [0.2, 0.25) is 0 Å². The lowest BCUT2D eigenvalue weighted by atomic mass is 10.0. The van der Waals surface area contributed by atoms with Crippen LogP contribution in [0.3, 0.4) is 0 Å². The van der Waals surface area contributed by atoms with E-state index in [0.29, 0.717) is 24.4 Å². The van der Waals surface area contributed by atoms with Crippen molar-refractivity contribution in [2.24, 2.45) is 5.73 Å². The smallest absolute Gasteiger partial charge is 0.317 e. The molecule has 2 heterocycles. The Morgan fingerprint density at radius 1 is 1.31 bits per heavy atom. The monoisotopic (exact) mass is 487 g/mol. The number of likely N-dealkylation sites (tertiary alicyclic amines) is 1. The summed E-state index contributed by atoms with van der Waals surface area (Å²) in [5.74, 6) is 0.591. The zero-order valence-corrected chi connectivity index (χ0v) is 20.8. The lowest BCUT2D eigenvalue weighted by molar-refractivity contribution is 0.204. The summed E-state index contributed by atoms with van der Waals surface area (Å²) in [6.07, 6.45) is 4.55. The van der Waals surface area contributed by atoms with Crippen molar-refractivity contribution in [1.82, 2.24) is 15.2 Å². The van der Waals surface area contributed by atoms with Gasteiger partial charge in [-0.3, -0.25) is 0 Å².